The minimum atomic E-state index is 0.469. The Kier molecular flexibility index (Phi) is 4.81. The van der Waals surface area contributed by atoms with E-state index in [1.807, 2.05) is 30.3 Å². The highest BCUT2D eigenvalue weighted by Gasteiger charge is 2.27. The molecule has 1 aromatic heterocycles. The fourth-order valence-electron chi connectivity index (χ4n) is 4.11. The molecule has 148 valence electrons. The second kappa shape index (κ2) is 7.61. The summed E-state index contributed by atoms with van der Waals surface area (Å²) in [5.41, 5.74) is 3.95. The van der Waals surface area contributed by atoms with Crippen molar-refractivity contribution in [2.45, 2.75) is 13.5 Å². The van der Waals surface area contributed by atoms with Crippen molar-refractivity contribution in [3.05, 3.63) is 70.5 Å². The van der Waals surface area contributed by atoms with Crippen LogP contribution in [-0.2, 0) is 6.54 Å². The summed E-state index contributed by atoms with van der Waals surface area (Å²) in [5, 5.41) is 9.75. The van der Waals surface area contributed by atoms with E-state index in [1.165, 1.54) is 0 Å². The Bertz CT molecular complexity index is 1060. The van der Waals surface area contributed by atoms with Gasteiger partial charge in [-0.3, -0.25) is 9.56 Å². The molecule has 2 aliphatic rings. The number of fused-ring (bicyclic) bond motifs is 3. The molecule has 0 N–H and O–H groups in total. The molecule has 3 heterocycles. The highest BCUT2D eigenvalue weighted by atomic mass is 35.5. The third kappa shape index (κ3) is 3.22. The molecule has 0 unspecified atom stereocenters. The van der Waals surface area contributed by atoms with Crippen LogP contribution in [-0.4, -0.2) is 58.1 Å². The molecule has 7 heteroatoms. The lowest BCUT2D eigenvalue weighted by molar-refractivity contribution is 0.269. The molecule has 0 saturated carbocycles. The number of benzene rings is 2. The van der Waals surface area contributed by atoms with Crippen molar-refractivity contribution in [2.75, 3.05) is 37.6 Å². The van der Waals surface area contributed by atoms with Gasteiger partial charge in [0.25, 0.3) is 0 Å². The van der Waals surface area contributed by atoms with Crippen LogP contribution in [0.4, 0.5) is 5.95 Å². The van der Waals surface area contributed by atoms with E-state index in [0.29, 0.717) is 11.6 Å². The van der Waals surface area contributed by atoms with Gasteiger partial charge in [-0.05, 0) is 18.7 Å². The summed E-state index contributed by atoms with van der Waals surface area (Å²) < 4.78 is 2.17. The minimum Gasteiger partial charge on any atom is -0.338 e. The molecular formula is C22H23ClN6. The van der Waals surface area contributed by atoms with Crippen molar-refractivity contribution in [1.82, 2.24) is 19.7 Å². The standard InChI is InChI=1S/C22H23ClN6/c1-2-27-11-13-28(14-12-27)22-26-25-20-15-24-21(16-7-3-5-9-18(16)23)17-8-4-6-10-19(17)29(20)22/h3-10H,2,11-15H2,1H3. The highest BCUT2D eigenvalue weighted by Crippen LogP contribution is 2.30. The number of hydrogen-bond donors (Lipinski definition) is 0. The highest BCUT2D eigenvalue weighted by molar-refractivity contribution is 6.35. The Morgan fingerprint density at radius 2 is 1.62 bits per heavy atom. The molecule has 3 aromatic rings. The summed E-state index contributed by atoms with van der Waals surface area (Å²) >= 11 is 6.51. The van der Waals surface area contributed by atoms with Crippen LogP contribution in [0.15, 0.2) is 53.5 Å². The number of piperazine rings is 1. The fraction of sp³-hybridized carbons (Fsp3) is 0.318. The van der Waals surface area contributed by atoms with Gasteiger partial charge in [0.1, 0.15) is 6.54 Å². The molecule has 0 bridgehead atoms. The van der Waals surface area contributed by atoms with Gasteiger partial charge in [-0.15, -0.1) is 10.2 Å². The van der Waals surface area contributed by atoms with Crippen LogP contribution in [0.1, 0.15) is 23.9 Å². The quantitative estimate of drug-likeness (QED) is 0.668. The first-order chi connectivity index (χ1) is 14.3. The zero-order valence-corrected chi connectivity index (χ0v) is 17.2. The molecule has 0 aliphatic carbocycles. The van der Waals surface area contributed by atoms with Gasteiger partial charge in [-0.2, -0.15) is 0 Å². The summed E-state index contributed by atoms with van der Waals surface area (Å²) in [6.07, 6.45) is 0. The van der Waals surface area contributed by atoms with E-state index in [-0.39, 0.29) is 0 Å². The lowest BCUT2D eigenvalue weighted by Gasteiger charge is -2.34. The van der Waals surface area contributed by atoms with Crippen molar-refractivity contribution >= 4 is 23.3 Å². The predicted molar refractivity (Wildman–Crippen MR) is 116 cm³/mol. The Morgan fingerprint density at radius 1 is 0.897 bits per heavy atom. The molecule has 0 atom stereocenters. The van der Waals surface area contributed by atoms with Crippen molar-refractivity contribution in [3.8, 4) is 5.69 Å². The number of halogens is 1. The van der Waals surface area contributed by atoms with Crippen molar-refractivity contribution in [3.63, 3.8) is 0 Å². The fourth-order valence-corrected chi connectivity index (χ4v) is 4.34. The molecule has 0 radical (unpaired) electrons. The second-order valence-electron chi connectivity index (χ2n) is 7.33. The van der Waals surface area contributed by atoms with E-state index in [9.17, 15) is 0 Å². The van der Waals surface area contributed by atoms with Crippen molar-refractivity contribution < 1.29 is 0 Å². The van der Waals surface area contributed by atoms with E-state index in [1.54, 1.807) is 0 Å². The number of aromatic nitrogens is 3. The topological polar surface area (TPSA) is 49.6 Å². The number of hydrogen-bond acceptors (Lipinski definition) is 5. The number of para-hydroxylation sites is 1. The number of aliphatic imine (C=N–C) groups is 1. The van der Waals surface area contributed by atoms with E-state index >= 15 is 0 Å². The van der Waals surface area contributed by atoms with E-state index < -0.39 is 0 Å². The molecular weight excluding hydrogens is 384 g/mol. The number of rotatable bonds is 3. The number of likely N-dealkylation sites (N-methyl/N-ethyl adjacent to an activating group) is 1. The normalized spacial score (nSPS) is 16.8. The third-order valence-electron chi connectivity index (χ3n) is 5.72. The molecule has 2 aromatic carbocycles. The van der Waals surface area contributed by atoms with Crippen LogP contribution < -0.4 is 4.90 Å². The van der Waals surface area contributed by atoms with Crippen LogP contribution in [0, 0.1) is 0 Å². The summed E-state index contributed by atoms with van der Waals surface area (Å²) in [5.74, 6) is 1.76. The molecule has 29 heavy (non-hydrogen) atoms. The summed E-state index contributed by atoms with van der Waals surface area (Å²) in [6.45, 7) is 7.76. The van der Waals surface area contributed by atoms with Crippen LogP contribution in [0.25, 0.3) is 5.69 Å². The average Bonchev–Trinajstić information content (AvgIpc) is 3.12. The second-order valence-corrected chi connectivity index (χ2v) is 7.74. The maximum Gasteiger partial charge on any atom is 0.232 e. The van der Waals surface area contributed by atoms with Gasteiger partial charge < -0.3 is 9.80 Å². The lowest BCUT2D eigenvalue weighted by Crippen LogP contribution is -2.47. The Balaban J connectivity index is 1.60. The first-order valence-corrected chi connectivity index (χ1v) is 10.4. The largest absolute Gasteiger partial charge is 0.338 e. The summed E-state index contributed by atoms with van der Waals surface area (Å²) in [6, 6.07) is 16.2. The Morgan fingerprint density at radius 3 is 2.38 bits per heavy atom. The molecule has 0 amide bonds. The molecule has 1 saturated heterocycles. The molecule has 5 rings (SSSR count). The van der Waals surface area contributed by atoms with Gasteiger partial charge in [0.15, 0.2) is 5.82 Å². The van der Waals surface area contributed by atoms with Crippen LogP contribution in [0.2, 0.25) is 5.02 Å². The zero-order valence-electron chi connectivity index (χ0n) is 16.4. The van der Waals surface area contributed by atoms with Gasteiger partial charge in [0.05, 0.1) is 11.4 Å². The lowest BCUT2D eigenvalue weighted by atomic mass is 10.0. The minimum absolute atomic E-state index is 0.469. The first kappa shape index (κ1) is 18.3. The molecule has 0 spiro atoms. The Labute approximate surface area is 175 Å². The third-order valence-corrected chi connectivity index (χ3v) is 6.05. The number of anilines is 1. The van der Waals surface area contributed by atoms with Crippen molar-refractivity contribution in [2.24, 2.45) is 4.99 Å². The molecule has 2 aliphatic heterocycles. The monoisotopic (exact) mass is 406 g/mol. The van der Waals surface area contributed by atoms with Gasteiger partial charge in [0, 0.05) is 42.3 Å². The van der Waals surface area contributed by atoms with Crippen molar-refractivity contribution in [1.29, 1.82) is 0 Å². The van der Waals surface area contributed by atoms with E-state index in [4.69, 9.17) is 16.6 Å². The number of nitrogens with zero attached hydrogens (tertiary/aromatic N) is 6. The van der Waals surface area contributed by atoms with E-state index in [0.717, 1.165) is 67.0 Å². The summed E-state index contributed by atoms with van der Waals surface area (Å²) in [4.78, 5) is 9.70. The van der Waals surface area contributed by atoms with E-state index in [2.05, 4.69) is 49.7 Å². The molecule has 1 fully saturated rings. The van der Waals surface area contributed by atoms with Gasteiger partial charge in [0.2, 0.25) is 5.95 Å². The maximum absolute atomic E-state index is 6.51. The van der Waals surface area contributed by atoms with Gasteiger partial charge in [-0.1, -0.05) is 54.9 Å². The zero-order chi connectivity index (χ0) is 19.8. The van der Waals surface area contributed by atoms with Crippen LogP contribution >= 0.6 is 11.6 Å². The van der Waals surface area contributed by atoms with Crippen LogP contribution in [0.5, 0.6) is 0 Å². The van der Waals surface area contributed by atoms with Gasteiger partial charge in [-0.25, -0.2) is 0 Å². The first-order valence-electron chi connectivity index (χ1n) is 10.1. The SMILES string of the molecule is CCN1CCN(c2nnc3n2-c2ccccc2C(c2ccccc2Cl)=NC3)CC1. The van der Waals surface area contributed by atoms with Gasteiger partial charge >= 0.3 is 0 Å². The average molecular weight is 407 g/mol. The predicted octanol–water partition coefficient (Wildman–Crippen LogP) is 3.41. The Hall–Kier alpha value is -2.70. The smallest absolute Gasteiger partial charge is 0.232 e. The molecule has 6 nitrogen and oxygen atoms in total. The summed E-state index contributed by atoms with van der Waals surface area (Å²) in [7, 11) is 0. The van der Waals surface area contributed by atoms with Crippen LogP contribution in [0.3, 0.4) is 0 Å². The maximum atomic E-state index is 6.51.